The van der Waals surface area contributed by atoms with Gasteiger partial charge in [-0.2, -0.15) is 0 Å². The van der Waals surface area contributed by atoms with Gasteiger partial charge in [0.2, 0.25) is 0 Å². The molecule has 7 heteroatoms. The van der Waals surface area contributed by atoms with Gasteiger partial charge in [0.15, 0.2) is 0 Å². The molecule has 0 N–H and O–H groups in total. The van der Waals surface area contributed by atoms with Crippen molar-refractivity contribution in [2.75, 3.05) is 6.54 Å². The van der Waals surface area contributed by atoms with Crippen molar-refractivity contribution in [1.29, 1.82) is 0 Å². The summed E-state index contributed by atoms with van der Waals surface area (Å²) in [5, 5.41) is 14.0. The second-order valence-corrected chi connectivity index (χ2v) is 3.69. The lowest BCUT2D eigenvalue weighted by Crippen LogP contribution is -1.91. The van der Waals surface area contributed by atoms with Gasteiger partial charge in [-0.25, -0.2) is 0 Å². The molecule has 0 aliphatic rings. The summed E-state index contributed by atoms with van der Waals surface area (Å²) >= 11 is 3.16. The number of nitro benzene ring substituents is 1. The molecule has 0 aliphatic carbocycles. The van der Waals surface area contributed by atoms with E-state index < -0.39 is 4.92 Å². The molecule has 0 aliphatic heterocycles. The Hall–Kier alpha value is -1.85. The van der Waals surface area contributed by atoms with Gasteiger partial charge in [-0.15, -0.1) is 0 Å². The fourth-order valence-electron chi connectivity index (χ4n) is 1.08. The van der Waals surface area contributed by atoms with Gasteiger partial charge in [-0.1, -0.05) is 33.2 Å². The average Bonchev–Trinajstić information content (AvgIpc) is 2.26. The van der Waals surface area contributed by atoms with Crippen molar-refractivity contribution in [2.45, 2.75) is 0 Å². The minimum Gasteiger partial charge on any atom is -0.258 e. The zero-order valence-corrected chi connectivity index (χ0v) is 9.66. The quantitative estimate of drug-likeness (QED) is 0.277. The molecule has 1 aromatic carbocycles. The van der Waals surface area contributed by atoms with Gasteiger partial charge >= 0.3 is 0 Å². The summed E-state index contributed by atoms with van der Waals surface area (Å²) in [4.78, 5) is 12.8. The molecule has 16 heavy (non-hydrogen) atoms. The molecule has 82 valence electrons. The van der Waals surface area contributed by atoms with Crippen LogP contribution in [0, 0.1) is 10.1 Å². The molecule has 0 saturated heterocycles. The number of nitro groups is 1. The molecule has 6 nitrogen and oxygen atoms in total. The van der Waals surface area contributed by atoms with E-state index in [-0.39, 0.29) is 12.2 Å². The molecular weight excluding hydrogens is 276 g/mol. The molecule has 0 atom stereocenters. The standard InChI is InChI=1S/C9H7BrN4O2/c10-8-4-3-7(2-1-5-12-13-11)9(6-8)14(15)16/h1-4,6H,5H2. The van der Waals surface area contributed by atoms with Crippen LogP contribution in [0.25, 0.3) is 16.5 Å². The first-order chi connectivity index (χ1) is 7.65. The van der Waals surface area contributed by atoms with Crippen molar-refractivity contribution < 1.29 is 4.92 Å². The summed E-state index contributed by atoms with van der Waals surface area (Å²) < 4.78 is 0.645. The largest absolute Gasteiger partial charge is 0.277 e. The van der Waals surface area contributed by atoms with E-state index in [1.54, 1.807) is 24.3 Å². The average molecular weight is 283 g/mol. The Morgan fingerprint density at radius 1 is 1.62 bits per heavy atom. The number of azide groups is 1. The summed E-state index contributed by atoms with van der Waals surface area (Å²) in [6.45, 7) is 0.170. The molecule has 0 saturated carbocycles. The number of hydrogen-bond acceptors (Lipinski definition) is 3. The van der Waals surface area contributed by atoms with Crippen LogP contribution in [-0.4, -0.2) is 11.5 Å². The van der Waals surface area contributed by atoms with Gasteiger partial charge in [-0.05, 0) is 17.7 Å². The Morgan fingerprint density at radius 2 is 2.38 bits per heavy atom. The predicted molar refractivity (Wildman–Crippen MR) is 63.8 cm³/mol. The molecule has 1 rings (SSSR count). The van der Waals surface area contributed by atoms with E-state index in [0.29, 0.717) is 10.0 Å². The maximum absolute atomic E-state index is 10.7. The molecule has 0 heterocycles. The summed E-state index contributed by atoms with van der Waals surface area (Å²) in [5.74, 6) is 0. The van der Waals surface area contributed by atoms with E-state index in [2.05, 4.69) is 26.0 Å². The maximum Gasteiger partial charge on any atom is 0.277 e. The molecule has 0 fully saturated rings. The zero-order valence-electron chi connectivity index (χ0n) is 8.08. The smallest absolute Gasteiger partial charge is 0.258 e. The van der Waals surface area contributed by atoms with Crippen molar-refractivity contribution >= 4 is 27.7 Å². The SMILES string of the molecule is [N-]=[N+]=NCC=Cc1ccc(Br)cc1[N+](=O)[O-]. The van der Waals surface area contributed by atoms with E-state index in [4.69, 9.17) is 5.53 Å². The van der Waals surface area contributed by atoms with E-state index in [1.807, 2.05) is 0 Å². The molecule has 0 radical (unpaired) electrons. The van der Waals surface area contributed by atoms with E-state index >= 15 is 0 Å². The van der Waals surface area contributed by atoms with Crippen LogP contribution >= 0.6 is 15.9 Å². The van der Waals surface area contributed by atoms with Crippen LogP contribution in [0.4, 0.5) is 5.69 Å². The van der Waals surface area contributed by atoms with Crippen LogP contribution in [-0.2, 0) is 0 Å². The van der Waals surface area contributed by atoms with Gasteiger partial charge < -0.3 is 0 Å². The number of nitrogens with zero attached hydrogens (tertiary/aromatic N) is 4. The Balaban J connectivity index is 2.99. The highest BCUT2D eigenvalue weighted by molar-refractivity contribution is 9.10. The summed E-state index contributed by atoms with van der Waals surface area (Å²) in [7, 11) is 0. The predicted octanol–water partition coefficient (Wildman–Crippen LogP) is 3.68. The van der Waals surface area contributed by atoms with Crippen LogP contribution < -0.4 is 0 Å². The van der Waals surface area contributed by atoms with Crippen LogP contribution in [0.5, 0.6) is 0 Å². The highest BCUT2D eigenvalue weighted by Crippen LogP contribution is 2.24. The van der Waals surface area contributed by atoms with Crippen molar-refractivity contribution in [3.05, 3.63) is 54.9 Å². The Labute approximate surface area is 99.5 Å². The summed E-state index contributed by atoms with van der Waals surface area (Å²) in [6, 6.07) is 4.75. The number of halogens is 1. The molecule has 0 spiro atoms. The molecule has 0 aromatic heterocycles. The fraction of sp³-hybridized carbons (Fsp3) is 0.111. The van der Waals surface area contributed by atoms with Gasteiger partial charge in [0.1, 0.15) is 0 Å². The minimum absolute atomic E-state index is 0.00608. The van der Waals surface area contributed by atoms with Crippen molar-refractivity contribution in [2.24, 2.45) is 5.11 Å². The first-order valence-electron chi connectivity index (χ1n) is 4.26. The van der Waals surface area contributed by atoms with E-state index in [0.717, 1.165) is 0 Å². The van der Waals surface area contributed by atoms with Crippen LogP contribution in [0.1, 0.15) is 5.56 Å². The third-order valence-corrected chi connectivity index (χ3v) is 2.23. The van der Waals surface area contributed by atoms with Gasteiger partial charge in [-0.3, -0.25) is 10.1 Å². The summed E-state index contributed by atoms with van der Waals surface area (Å²) in [5.41, 5.74) is 8.53. The van der Waals surface area contributed by atoms with Crippen molar-refractivity contribution in [3.8, 4) is 0 Å². The molecular formula is C9H7BrN4O2. The second kappa shape index (κ2) is 5.89. The van der Waals surface area contributed by atoms with E-state index in [9.17, 15) is 10.1 Å². The first-order valence-corrected chi connectivity index (χ1v) is 5.06. The Bertz CT molecular complexity index is 480. The number of benzene rings is 1. The topological polar surface area (TPSA) is 91.9 Å². The third-order valence-electron chi connectivity index (χ3n) is 1.74. The van der Waals surface area contributed by atoms with Crippen LogP contribution in [0.15, 0.2) is 33.9 Å². The number of hydrogen-bond donors (Lipinski definition) is 0. The maximum atomic E-state index is 10.7. The van der Waals surface area contributed by atoms with Crippen molar-refractivity contribution in [3.63, 3.8) is 0 Å². The molecule has 1 aromatic rings. The van der Waals surface area contributed by atoms with Gasteiger partial charge in [0.05, 0.1) is 10.5 Å². The van der Waals surface area contributed by atoms with E-state index in [1.165, 1.54) is 6.07 Å². The highest BCUT2D eigenvalue weighted by atomic mass is 79.9. The van der Waals surface area contributed by atoms with Crippen LogP contribution in [0.2, 0.25) is 0 Å². The molecule has 0 bridgehead atoms. The molecule has 0 unspecified atom stereocenters. The normalized spacial score (nSPS) is 10.1. The van der Waals surface area contributed by atoms with Crippen LogP contribution in [0.3, 0.4) is 0 Å². The molecule has 0 amide bonds. The zero-order chi connectivity index (χ0) is 12.0. The first kappa shape index (κ1) is 12.2. The Kier molecular flexibility index (Phi) is 4.50. The Morgan fingerprint density at radius 3 is 3.00 bits per heavy atom. The van der Waals surface area contributed by atoms with Gasteiger partial charge in [0, 0.05) is 22.0 Å². The second-order valence-electron chi connectivity index (χ2n) is 2.78. The minimum atomic E-state index is -0.460. The lowest BCUT2D eigenvalue weighted by molar-refractivity contribution is -0.385. The fourth-order valence-corrected chi connectivity index (χ4v) is 1.43. The lowest BCUT2D eigenvalue weighted by Gasteiger charge is -1.97. The third kappa shape index (κ3) is 3.38. The highest BCUT2D eigenvalue weighted by Gasteiger charge is 2.11. The lowest BCUT2D eigenvalue weighted by atomic mass is 10.1. The summed E-state index contributed by atoms with van der Waals surface area (Å²) in [6.07, 6.45) is 3.12. The van der Waals surface area contributed by atoms with Crippen molar-refractivity contribution in [1.82, 2.24) is 0 Å². The number of rotatable bonds is 4. The van der Waals surface area contributed by atoms with Gasteiger partial charge in [0.25, 0.3) is 5.69 Å². The monoisotopic (exact) mass is 282 g/mol.